The molecule has 0 aliphatic carbocycles. The molecule has 0 amide bonds. The zero-order valence-electron chi connectivity index (χ0n) is 7.35. The van der Waals surface area contributed by atoms with Gasteiger partial charge in [0.05, 0.1) is 11.6 Å². The van der Waals surface area contributed by atoms with Crippen molar-refractivity contribution in [3.8, 4) is 6.07 Å². The van der Waals surface area contributed by atoms with Gasteiger partial charge >= 0.3 is 6.18 Å². The fourth-order valence-electron chi connectivity index (χ4n) is 0.966. The summed E-state index contributed by atoms with van der Waals surface area (Å²) in [5.74, 6) is 0. The average Bonchev–Trinajstić information content (AvgIpc) is 2.14. The second-order valence-corrected chi connectivity index (χ2v) is 3.55. The van der Waals surface area contributed by atoms with Crippen LogP contribution in [0.5, 0.6) is 0 Å². The van der Waals surface area contributed by atoms with Crippen LogP contribution in [-0.2, 0) is 6.18 Å². The summed E-state index contributed by atoms with van der Waals surface area (Å²) in [6.07, 6.45) is -1.71. The van der Waals surface area contributed by atoms with E-state index in [1.165, 1.54) is 18.2 Å². The molecule has 0 fully saturated rings. The first kappa shape index (κ1) is 11.8. The molecule has 1 aromatic carbocycles. The Kier molecular flexibility index (Phi) is 3.53. The smallest absolute Gasteiger partial charge is 0.193 e. The molecule has 0 aliphatic heterocycles. The molecule has 0 atom stereocenters. The van der Waals surface area contributed by atoms with Gasteiger partial charge in [0.1, 0.15) is 0 Å². The van der Waals surface area contributed by atoms with Gasteiger partial charge in [-0.25, -0.2) is 0 Å². The number of halogens is 4. The topological polar surface area (TPSA) is 23.8 Å². The Morgan fingerprint density at radius 2 is 2.00 bits per heavy atom. The first-order valence-corrected chi connectivity index (χ1v) is 4.67. The predicted molar refractivity (Wildman–Crippen MR) is 53.8 cm³/mol. The van der Waals surface area contributed by atoms with Crippen LogP contribution >= 0.6 is 15.9 Å². The molecule has 1 aromatic rings. The first-order chi connectivity index (χ1) is 6.95. The molecule has 5 heteroatoms. The van der Waals surface area contributed by atoms with Gasteiger partial charge in [-0.15, -0.1) is 0 Å². The molecule has 0 N–H and O–H groups in total. The Balaban J connectivity index is 3.10. The van der Waals surface area contributed by atoms with E-state index >= 15 is 0 Å². The van der Waals surface area contributed by atoms with Crippen molar-refractivity contribution >= 4 is 22.0 Å². The number of allylic oxidation sites excluding steroid dienone is 1. The summed E-state index contributed by atoms with van der Waals surface area (Å²) < 4.78 is 37.1. The van der Waals surface area contributed by atoms with Gasteiger partial charge in [-0.05, 0) is 23.8 Å². The van der Waals surface area contributed by atoms with Gasteiger partial charge in [-0.1, -0.05) is 22.0 Å². The van der Waals surface area contributed by atoms with Crippen molar-refractivity contribution in [1.82, 2.24) is 0 Å². The third kappa shape index (κ3) is 3.10. The lowest BCUT2D eigenvalue weighted by atomic mass is 10.1. The number of nitrogens with zero attached hydrogens (tertiary/aromatic N) is 1. The van der Waals surface area contributed by atoms with Gasteiger partial charge in [0.25, 0.3) is 0 Å². The zero-order valence-corrected chi connectivity index (χ0v) is 8.93. The molecule has 0 saturated carbocycles. The standard InChI is InChI=1S/C10H5BrF3N/c11-9-6-8(10(12,13)14)4-3-7(9)2-1-5-15/h1-4,6H. The van der Waals surface area contributed by atoms with Gasteiger partial charge in [-0.3, -0.25) is 0 Å². The van der Waals surface area contributed by atoms with Crippen LogP contribution in [0.25, 0.3) is 6.08 Å². The third-order valence-electron chi connectivity index (χ3n) is 1.67. The van der Waals surface area contributed by atoms with Crippen LogP contribution in [0.15, 0.2) is 28.7 Å². The fourth-order valence-corrected chi connectivity index (χ4v) is 1.48. The predicted octanol–water partition coefficient (Wildman–Crippen LogP) is 4.00. The second kappa shape index (κ2) is 4.49. The van der Waals surface area contributed by atoms with Crippen LogP contribution in [0.1, 0.15) is 11.1 Å². The molecule has 0 aliphatic rings. The molecule has 0 radical (unpaired) electrons. The van der Waals surface area contributed by atoms with Crippen LogP contribution in [0.3, 0.4) is 0 Å². The normalized spacial score (nSPS) is 11.7. The van der Waals surface area contributed by atoms with Crippen LogP contribution in [0.2, 0.25) is 0 Å². The number of hydrogen-bond acceptors (Lipinski definition) is 1. The largest absolute Gasteiger partial charge is 0.416 e. The summed E-state index contributed by atoms with van der Waals surface area (Å²) >= 11 is 3.01. The molecule has 1 rings (SSSR count). The van der Waals surface area contributed by atoms with Crippen LogP contribution in [0.4, 0.5) is 13.2 Å². The minimum absolute atomic E-state index is 0.309. The van der Waals surface area contributed by atoms with E-state index in [0.717, 1.165) is 12.1 Å². The van der Waals surface area contributed by atoms with E-state index in [2.05, 4.69) is 15.9 Å². The van der Waals surface area contributed by atoms with Gasteiger partial charge in [0.2, 0.25) is 0 Å². The highest BCUT2D eigenvalue weighted by Gasteiger charge is 2.30. The lowest BCUT2D eigenvalue weighted by Crippen LogP contribution is -2.04. The summed E-state index contributed by atoms with van der Waals surface area (Å²) in [5.41, 5.74) is -0.187. The highest BCUT2D eigenvalue weighted by molar-refractivity contribution is 9.10. The van der Waals surface area contributed by atoms with Crippen molar-refractivity contribution in [3.63, 3.8) is 0 Å². The Bertz CT molecular complexity index is 429. The maximum atomic E-state index is 12.3. The zero-order chi connectivity index (χ0) is 11.5. The highest BCUT2D eigenvalue weighted by Crippen LogP contribution is 2.32. The van der Waals surface area contributed by atoms with E-state index in [1.807, 2.05) is 0 Å². The summed E-state index contributed by atoms with van der Waals surface area (Å²) in [7, 11) is 0. The summed E-state index contributed by atoms with van der Waals surface area (Å²) in [6, 6.07) is 5.03. The minimum Gasteiger partial charge on any atom is -0.193 e. The molecular formula is C10H5BrF3N. The molecule has 78 valence electrons. The molecule has 0 unspecified atom stereocenters. The van der Waals surface area contributed by atoms with Crippen LogP contribution < -0.4 is 0 Å². The highest BCUT2D eigenvalue weighted by atomic mass is 79.9. The summed E-state index contributed by atoms with van der Waals surface area (Å²) in [5, 5.41) is 8.27. The lowest BCUT2D eigenvalue weighted by Gasteiger charge is -2.07. The number of nitriles is 1. The van der Waals surface area contributed by atoms with Crippen molar-refractivity contribution < 1.29 is 13.2 Å². The number of rotatable bonds is 1. The Morgan fingerprint density at radius 1 is 1.33 bits per heavy atom. The SMILES string of the molecule is N#CC=Cc1ccc(C(F)(F)F)cc1Br. The van der Waals surface area contributed by atoms with Gasteiger partial charge in [0, 0.05) is 10.5 Å². The number of benzene rings is 1. The Hall–Kier alpha value is -1.28. The van der Waals surface area contributed by atoms with E-state index in [1.54, 1.807) is 6.07 Å². The quantitative estimate of drug-likeness (QED) is 0.711. The van der Waals surface area contributed by atoms with Gasteiger partial charge in [-0.2, -0.15) is 18.4 Å². The maximum absolute atomic E-state index is 12.3. The van der Waals surface area contributed by atoms with Crippen LogP contribution in [-0.4, -0.2) is 0 Å². The molecule has 0 spiro atoms. The van der Waals surface area contributed by atoms with Crippen molar-refractivity contribution in [3.05, 3.63) is 39.9 Å². The van der Waals surface area contributed by atoms with Gasteiger partial charge < -0.3 is 0 Å². The lowest BCUT2D eigenvalue weighted by molar-refractivity contribution is -0.137. The Labute approximate surface area is 93.0 Å². The molecule has 0 bridgehead atoms. The van der Waals surface area contributed by atoms with Crippen LogP contribution in [0, 0.1) is 11.3 Å². The first-order valence-electron chi connectivity index (χ1n) is 3.88. The molecular weight excluding hydrogens is 271 g/mol. The molecule has 0 heterocycles. The van der Waals surface area contributed by atoms with E-state index in [-0.39, 0.29) is 0 Å². The Morgan fingerprint density at radius 3 is 2.47 bits per heavy atom. The molecule has 1 nitrogen and oxygen atoms in total. The van der Waals surface area contributed by atoms with Crippen molar-refractivity contribution in [2.45, 2.75) is 6.18 Å². The fraction of sp³-hybridized carbons (Fsp3) is 0.100. The number of alkyl halides is 3. The maximum Gasteiger partial charge on any atom is 0.416 e. The van der Waals surface area contributed by atoms with Crippen molar-refractivity contribution in [1.29, 1.82) is 5.26 Å². The van der Waals surface area contributed by atoms with Gasteiger partial charge in [0.15, 0.2) is 0 Å². The summed E-state index contributed by atoms with van der Waals surface area (Å²) in [6.45, 7) is 0. The van der Waals surface area contributed by atoms with Crippen molar-refractivity contribution in [2.75, 3.05) is 0 Å². The third-order valence-corrected chi connectivity index (χ3v) is 2.35. The number of hydrogen-bond donors (Lipinski definition) is 0. The van der Waals surface area contributed by atoms with E-state index in [0.29, 0.717) is 10.0 Å². The molecule has 0 aromatic heterocycles. The van der Waals surface area contributed by atoms with E-state index < -0.39 is 11.7 Å². The molecule has 15 heavy (non-hydrogen) atoms. The monoisotopic (exact) mass is 275 g/mol. The van der Waals surface area contributed by atoms with Crippen molar-refractivity contribution in [2.24, 2.45) is 0 Å². The second-order valence-electron chi connectivity index (χ2n) is 2.70. The molecule has 0 saturated heterocycles. The van der Waals surface area contributed by atoms with E-state index in [4.69, 9.17) is 5.26 Å². The summed E-state index contributed by atoms with van der Waals surface area (Å²) in [4.78, 5) is 0. The van der Waals surface area contributed by atoms with E-state index in [9.17, 15) is 13.2 Å². The average molecular weight is 276 g/mol. The minimum atomic E-state index is -4.35.